The van der Waals surface area contributed by atoms with Gasteiger partial charge in [0.15, 0.2) is 10.6 Å². The zero-order valence-electron chi connectivity index (χ0n) is 13.4. The summed E-state index contributed by atoms with van der Waals surface area (Å²) < 4.78 is 13.2. The second kappa shape index (κ2) is 9.25. The third-order valence-corrected chi connectivity index (χ3v) is 4.46. The van der Waals surface area contributed by atoms with Crippen molar-refractivity contribution in [1.29, 1.82) is 0 Å². The molecule has 134 valence electrons. The molecule has 0 aliphatic heterocycles. The van der Waals surface area contributed by atoms with Crippen LogP contribution in [0.25, 0.3) is 11.1 Å². The SMILES string of the molecule is NCc1ccc(-c2ccc([C@@H](O)[C@@H](CF)CC(=O)C(Cl)Cl)cc2)cn1. The first kappa shape index (κ1) is 19.8. The van der Waals surface area contributed by atoms with Crippen molar-refractivity contribution in [1.82, 2.24) is 4.98 Å². The molecule has 0 aliphatic carbocycles. The van der Waals surface area contributed by atoms with Gasteiger partial charge in [-0.3, -0.25) is 14.2 Å². The number of ketones is 1. The van der Waals surface area contributed by atoms with Crippen LogP contribution in [-0.4, -0.2) is 27.4 Å². The molecule has 0 radical (unpaired) electrons. The van der Waals surface area contributed by atoms with Gasteiger partial charge in [-0.05, 0) is 17.2 Å². The van der Waals surface area contributed by atoms with Crippen LogP contribution in [0.3, 0.4) is 0 Å². The fourth-order valence-corrected chi connectivity index (χ4v) is 2.64. The molecule has 0 saturated carbocycles. The Kier molecular flexibility index (Phi) is 7.32. The van der Waals surface area contributed by atoms with Crippen LogP contribution in [0.4, 0.5) is 4.39 Å². The molecule has 2 aromatic rings. The molecule has 0 unspecified atom stereocenters. The van der Waals surface area contributed by atoms with E-state index in [-0.39, 0.29) is 6.42 Å². The van der Waals surface area contributed by atoms with E-state index in [9.17, 15) is 14.3 Å². The van der Waals surface area contributed by atoms with E-state index in [1.807, 2.05) is 12.1 Å². The van der Waals surface area contributed by atoms with E-state index in [1.165, 1.54) is 0 Å². The molecule has 7 heteroatoms. The highest BCUT2D eigenvalue weighted by atomic mass is 35.5. The number of benzene rings is 1. The van der Waals surface area contributed by atoms with E-state index in [4.69, 9.17) is 28.9 Å². The standard InChI is InChI=1S/C18H19Cl2FN2O2/c19-18(20)16(24)7-14(8-21)17(25)12-3-1-11(2-4-12)13-5-6-15(9-22)23-10-13/h1-6,10,14,17-18,25H,7-9,22H2/t14-,17-/m1/s1. The van der Waals surface area contributed by atoms with Gasteiger partial charge in [0.1, 0.15) is 0 Å². The summed E-state index contributed by atoms with van der Waals surface area (Å²) in [5.74, 6) is -1.39. The van der Waals surface area contributed by atoms with Crippen LogP contribution < -0.4 is 5.73 Å². The van der Waals surface area contributed by atoms with E-state index >= 15 is 0 Å². The normalized spacial score (nSPS) is 13.7. The van der Waals surface area contributed by atoms with Crippen LogP contribution in [0.1, 0.15) is 23.8 Å². The summed E-state index contributed by atoms with van der Waals surface area (Å²) in [6.45, 7) is -0.472. The molecule has 3 N–H and O–H groups in total. The molecule has 1 aromatic carbocycles. The highest BCUT2D eigenvalue weighted by Gasteiger charge is 2.26. The van der Waals surface area contributed by atoms with E-state index < -0.39 is 29.3 Å². The number of carbonyl (C=O) groups is 1. The molecule has 0 bridgehead atoms. The van der Waals surface area contributed by atoms with E-state index in [0.29, 0.717) is 12.1 Å². The van der Waals surface area contributed by atoms with Crippen LogP contribution in [0.15, 0.2) is 42.6 Å². The lowest BCUT2D eigenvalue weighted by atomic mass is 9.91. The number of hydrogen-bond acceptors (Lipinski definition) is 4. The van der Waals surface area contributed by atoms with Gasteiger partial charge < -0.3 is 10.8 Å². The van der Waals surface area contributed by atoms with E-state index in [0.717, 1.165) is 16.8 Å². The highest BCUT2D eigenvalue weighted by Crippen LogP contribution is 2.29. The number of nitrogens with zero attached hydrogens (tertiary/aromatic N) is 1. The van der Waals surface area contributed by atoms with Crippen molar-refractivity contribution < 1.29 is 14.3 Å². The van der Waals surface area contributed by atoms with Gasteiger partial charge in [-0.1, -0.05) is 53.5 Å². The third-order valence-electron chi connectivity index (χ3n) is 3.97. The number of pyridine rings is 1. The minimum Gasteiger partial charge on any atom is -0.388 e. The van der Waals surface area contributed by atoms with Gasteiger partial charge in [0.05, 0.1) is 18.5 Å². The highest BCUT2D eigenvalue weighted by molar-refractivity contribution is 6.53. The van der Waals surface area contributed by atoms with Gasteiger partial charge in [-0.2, -0.15) is 0 Å². The van der Waals surface area contributed by atoms with Crippen molar-refractivity contribution in [2.75, 3.05) is 6.67 Å². The number of aliphatic hydroxyl groups is 1. The molecule has 2 rings (SSSR count). The average molecular weight is 385 g/mol. The number of alkyl halides is 3. The number of Topliss-reactive ketones (excluding diaryl/α,β-unsaturated/α-hetero) is 1. The van der Waals surface area contributed by atoms with Gasteiger partial charge in [0.25, 0.3) is 0 Å². The quantitative estimate of drug-likeness (QED) is 0.681. The first-order valence-corrected chi connectivity index (χ1v) is 8.63. The Morgan fingerprint density at radius 2 is 1.80 bits per heavy atom. The maximum Gasteiger partial charge on any atom is 0.166 e. The van der Waals surface area contributed by atoms with Crippen LogP contribution in [0.5, 0.6) is 0 Å². The summed E-state index contributed by atoms with van der Waals surface area (Å²) in [5, 5.41) is 10.3. The summed E-state index contributed by atoms with van der Waals surface area (Å²) >= 11 is 11.0. The van der Waals surface area contributed by atoms with Gasteiger partial charge in [0, 0.05) is 30.6 Å². The van der Waals surface area contributed by atoms with Gasteiger partial charge in [-0.15, -0.1) is 0 Å². The molecule has 0 saturated heterocycles. The number of aliphatic hydroxyl groups excluding tert-OH is 1. The maximum atomic E-state index is 13.2. The topological polar surface area (TPSA) is 76.2 Å². The smallest absolute Gasteiger partial charge is 0.166 e. The Hall–Kier alpha value is -1.53. The summed E-state index contributed by atoms with van der Waals surface area (Å²) in [6, 6.07) is 10.8. The second-order valence-electron chi connectivity index (χ2n) is 5.69. The lowest BCUT2D eigenvalue weighted by Crippen LogP contribution is -2.21. The maximum absolute atomic E-state index is 13.2. The zero-order chi connectivity index (χ0) is 18.4. The fourth-order valence-electron chi connectivity index (χ4n) is 2.46. The van der Waals surface area contributed by atoms with Crippen molar-refractivity contribution in [2.24, 2.45) is 11.7 Å². The van der Waals surface area contributed by atoms with Crippen molar-refractivity contribution in [3.63, 3.8) is 0 Å². The Morgan fingerprint density at radius 3 is 2.28 bits per heavy atom. The first-order chi connectivity index (χ1) is 12.0. The second-order valence-corrected chi connectivity index (χ2v) is 6.79. The first-order valence-electron chi connectivity index (χ1n) is 7.76. The molecule has 0 spiro atoms. The van der Waals surface area contributed by atoms with Gasteiger partial charge >= 0.3 is 0 Å². The monoisotopic (exact) mass is 384 g/mol. The Balaban J connectivity index is 2.12. The minimum absolute atomic E-state index is 0.221. The largest absolute Gasteiger partial charge is 0.388 e. The number of hydrogen-bond donors (Lipinski definition) is 2. The number of halogens is 3. The number of rotatable bonds is 8. The van der Waals surface area contributed by atoms with Crippen molar-refractivity contribution in [2.45, 2.75) is 23.9 Å². The zero-order valence-corrected chi connectivity index (χ0v) is 14.9. The molecule has 1 heterocycles. The minimum atomic E-state index is -1.22. The summed E-state index contributed by atoms with van der Waals surface area (Å²) in [5.41, 5.74) is 8.65. The van der Waals surface area contributed by atoms with Crippen molar-refractivity contribution in [3.8, 4) is 11.1 Å². The van der Waals surface area contributed by atoms with Crippen LogP contribution >= 0.6 is 23.2 Å². The molecule has 1 aromatic heterocycles. The number of nitrogens with two attached hydrogens (primary N) is 1. The van der Waals surface area contributed by atoms with E-state index in [1.54, 1.807) is 30.5 Å². The average Bonchev–Trinajstić information content (AvgIpc) is 2.65. The Labute approximate surface area is 155 Å². The van der Waals surface area contributed by atoms with Gasteiger partial charge in [0.2, 0.25) is 0 Å². The van der Waals surface area contributed by atoms with E-state index in [2.05, 4.69) is 4.98 Å². The third kappa shape index (κ3) is 5.22. The molecule has 0 aliphatic rings. The summed E-state index contributed by atoms with van der Waals surface area (Å²) in [7, 11) is 0. The molecule has 0 fully saturated rings. The van der Waals surface area contributed by atoms with Crippen LogP contribution in [-0.2, 0) is 11.3 Å². The molecule has 2 atom stereocenters. The lowest BCUT2D eigenvalue weighted by molar-refractivity contribution is -0.119. The number of carbonyl (C=O) groups excluding carboxylic acids is 1. The molecule has 25 heavy (non-hydrogen) atoms. The predicted molar refractivity (Wildman–Crippen MR) is 97.1 cm³/mol. The molecule has 4 nitrogen and oxygen atoms in total. The summed E-state index contributed by atoms with van der Waals surface area (Å²) in [6.07, 6.45) is 0.382. The van der Waals surface area contributed by atoms with Crippen molar-refractivity contribution >= 4 is 29.0 Å². The molecular formula is C18H19Cl2FN2O2. The van der Waals surface area contributed by atoms with Gasteiger partial charge in [-0.25, -0.2) is 0 Å². The van der Waals surface area contributed by atoms with Crippen molar-refractivity contribution in [3.05, 3.63) is 53.9 Å². The van der Waals surface area contributed by atoms with Crippen LogP contribution in [0.2, 0.25) is 0 Å². The molecule has 0 amide bonds. The predicted octanol–water partition coefficient (Wildman–Crippen LogP) is 3.59. The number of aromatic nitrogens is 1. The fraction of sp³-hybridized carbons (Fsp3) is 0.333. The van der Waals surface area contributed by atoms with Crippen LogP contribution in [0, 0.1) is 5.92 Å². The Bertz CT molecular complexity index is 693. The Morgan fingerprint density at radius 1 is 1.16 bits per heavy atom. The summed E-state index contributed by atoms with van der Waals surface area (Å²) in [4.78, 5) is 14.6. The molecular weight excluding hydrogens is 366 g/mol. The lowest BCUT2D eigenvalue weighted by Gasteiger charge is -2.20.